The number of ether oxygens (including phenoxy) is 1. The van der Waals surface area contributed by atoms with E-state index in [1.165, 1.54) is 12.1 Å². The van der Waals surface area contributed by atoms with Crippen LogP contribution in [-0.4, -0.2) is 51.4 Å². The highest BCUT2D eigenvalue weighted by Gasteiger charge is 2.37. The van der Waals surface area contributed by atoms with E-state index in [0.29, 0.717) is 24.4 Å². The van der Waals surface area contributed by atoms with Crippen LogP contribution in [0.4, 0.5) is 10.5 Å². The number of benzene rings is 3. The van der Waals surface area contributed by atoms with E-state index < -0.39 is 16.1 Å². The lowest BCUT2D eigenvalue weighted by Crippen LogP contribution is -2.44. The number of hydrogen-bond acceptors (Lipinski definition) is 7. The van der Waals surface area contributed by atoms with Gasteiger partial charge in [-0.1, -0.05) is 30.3 Å². The summed E-state index contributed by atoms with van der Waals surface area (Å²) in [5, 5.41) is 12.2. The van der Waals surface area contributed by atoms with Crippen LogP contribution in [0, 0.1) is 10.1 Å². The summed E-state index contributed by atoms with van der Waals surface area (Å²) in [6, 6.07) is 17.4. The van der Waals surface area contributed by atoms with Gasteiger partial charge in [-0.25, -0.2) is 0 Å². The second-order valence-electron chi connectivity index (χ2n) is 9.12. The Bertz CT molecular complexity index is 1450. The molecule has 0 aliphatic carbocycles. The van der Waals surface area contributed by atoms with Crippen molar-refractivity contribution >= 4 is 51.4 Å². The number of hydrogen-bond donors (Lipinski definition) is 0. The molecule has 2 fully saturated rings. The zero-order chi connectivity index (χ0) is 26.6. The molecule has 0 N–H and O–H groups in total. The lowest BCUT2D eigenvalue weighted by molar-refractivity contribution is -0.384. The van der Waals surface area contributed by atoms with Crippen molar-refractivity contribution in [3.63, 3.8) is 0 Å². The number of rotatable bonds is 7. The second-order valence-corrected chi connectivity index (χ2v) is 10.1. The Morgan fingerprint density at radius 2 is 1.74 bits per heavy atom. The number of amides is 3. The summed E-state index contributed by atoms with van der Waals surface area (Å²) in [6.07, 6.45) is 4.58. The van der Waals surface area contributed by atoms with Crippen LogP contribution in [0.25, 0.3) is 16.8 Å². The summed E-state index contributed by atoms with van der Waals surface area (Å²) in [5.41, 5.74) is 1.37. The van der Waals surface area contributed by atoms with Gasteiger partial charge in [-0.05, 0) is 71.6 Å². The van der Waals surface area contributed by atoms with E-state index in [4.69, 9.17) is 4.74 Å². The molecule has 0 saturated carbocycles. The number of imide groups is 1. The summed E-state index contributed by atoms with van der Waals surface area (Å²) in [5.74, 6) is -0.219. The van der Waals surface area contributed by atoms with Crippen LogP contribution >= 0.6 is 11.8 Å². The number of nitrogens with zero attached hydrogens (tertiary/aromatic N) is 3. The number of thioether (sulfide) groups is 1. The van der Waals surface area contributed by atoms with Gasteiger partial charge < -0.3 is 9.64 Å². The van der Waals surface area contributed by atoms with E-state index in [9.17, 15) is 24.5 Å². The van der Waals surface area contributed by atoms with E-state index in [1.54, 1.807) is 29.2 Å². The Labute approximate surface area is 223 Å². The fraction of sp³-hybridized carbons (Fsp3) is 0.250. The van der Waals surface area contributed by atoms with Crippen LogP contribution < -0.4 is 4.74 Å². The average Bonchev–Trinajstić information content (AvgIpc) is 3.20. The molecular weight excluding hydrogens is 506 g/mol. The minimum atomic E-state index is -0.500. The number of non-ortho nitro benzene ring substituents is 1. The van der Waals surface area contributed by atoms with E-state index in [1.807, 2.05) is 30.3 Å². The van der Waals surface area contributed by atoms with Crippen molar-refractivity contribution in [2.45, 2.75) is 25.9 Å². The smallest absolute Gasteiger partial charge is 0.294 e. The molecule has 0 bridgehead atoms. The standard InChI is InChI=1S/C28H25N3O6S/c32-26(29-14-4-1-5-15-29)17-30-27(33)25(38-28(30)34)16-23-22-7-3-2-6-20(22)10-13-24(23)37-18-19-8-11-21(12-9-19)31(35)36/h2-3,6-13,16H,1,4-5,14-15,17-18H2/b25-16-. The zero-order valence-corrected chi connectivity index (χ0v) is 21.3. The number of piperidine rings is 1. The normalized spacial score (nSPS) is 16.9. The number of carbonyl (C=O) groups is 3. The van der Waals surface area contributed by atoms with E-state index in [-0.39, 0.29) is 29.7 Å². The van der Waals surface area contributed by atoms with E-state index >= 15 is 0 Å². The quantitative estimate of drug-likeness (QED) is 0.229. The molecule has 0 unspecified atom stereocenters. The average molecular weight is 532 g/mol. The third kappa shape index (κ3) is 5.40. The molecule has 3 aromatic rings. The minimum Gasteiger partial charge on any atom is -0.488 e. The fourth-order valence-electron chi connectivity index (χ4n) is 4.57. The molecule has 5 rings (SSSR count). The summed E-state index contributed by atoms with van der Waals surface area (Å²) in [4.78, 5) is 52.0. The van der Waals surface area contributed by atoms with Crippen LogP contribution in [-0.2, 0) is 16.2 Å². The number of nitro groups is 1. The van der Waals surface area contributed by atoms with E-state index in [2.05, 4.69) is 0 Å². The molecule has 3 amide bonds. The Morgan fingerprint density at radius 1 is 1.00 bits per heavy atom. The second kappa shape index (κ2) is 11.1. The third-order valence-corrected chi connectivity index (χ3v) is 7.53. The highest BCUT2D eigenvalue weighted by molar-refractivity contribution is 8.18. The molecule has 0 atom stereocenters. The number of carbonyl (C=O) groups excluding carboxylic acids is 3. The Morgan fingerprint density at radius 3 is 2.47 bits per heavy atom. The summed E-state index contributed by atoms with van der Waals surface area (Å²) < 4.78 is 6.08. The summed E-state index contributed by atoms with van der Waals surface area (Å²) in [6.45, 7) is 1.19. The molecule has 0 spiro atoms. The third-order valence-electron chi connectivity index (χ3n) is 6.62. The summed E-state index contributed by atoms with van der Waals surface area (Å²) >= 11 is 0.810. The first-order valence-corrected chi connectivity index (χ1v) is 13.1. The molecule has 38 heavy (non-hydrogen) atoms. The van der Waals surface area contributed by atoms with Gasteiger partial charge in [0.05, 0.1) is 9.83 Å². The molecule has 2 aliphatic rings. The minimum absolute atomic E-state index is 0.00496. The largest absolute Gasteiger partial charge is 0.488 e. The Kier molecular flexibility index (Phi) is 7.41. The maximum atomic E-state index is 13.2. The monoisotopic (exact) mass is 531 g/mol. The van der Waals surface area contributed by atoms with E-state index in [0.717, 1.165) is 52.3 Å². The molecule has 194 valence electrons. The lowest BCUT2D eigenvalue weighted by atomic mass is 10.0. The maximum Gasteiger partial charge on any atom is 0.294 e. The van der Waals surface area contributed by atoms with Gasteiger partial charge in [0, 0.05) is 30.8 Å². The SMILES string of the molecule is O=C(CN1C(=O)S/C(=C\c2c(OCc3ccc([N+](=O)[O-])cc3)ccc3ccccc23)C1=O)N1CCCCC1. The van der Waals surface area contributed by atoms with Gasteiger partial charge in [-0.15, -0.1) is 0 Å². The lowest BCUT2D eigenvalue weighted by Gasteiger charge is -2.27. The van der Waals surface area contributed by atoms with Crippen LogP contribution in [0.5, 0.6) is 5.75 Å². The van der Waals surface area contributed by atoms with Gasteiger partial charge in [-0.3, -0.25) is 29.4 Å². The predicted molar refractivity (Wildman–Crippen MR) is 144 cm³/mol. The molecule has 2 aliphatic heterocycles. The van der Waals surface area contributed by atoms with Crippen LogP contribution in [0.1, 0.15) is 30.4 Å². The van der Waals surface area contributed by atoms with Crippen molar-refractivity contribution < 1.29 is 24.0 Å². The van der Waals surface area contributed by atoms with Crippen molar-refractivity contribution in [3.05, 3.63) is 86.8 Å². The Balaban J connectivity index is 1.40. The van der Waals surface area contributed by atoms with Crippen molar-refractivity contribution in [1.82, 2.24) is 9.80 Å². The molecule has 2 heterocycles. The zero-order valence-electron chi connectivity index (χ0n) is 20.5. The fourth-order valence-corrected chi connectivity index (χ4v) is 5.39. The molecule has 0 aromatic heterocycles. The first-order valence-electron chi connectivity index (χ1n) is 12.3. The van der Waals surface area contributed by atoms with Gasteiger partial charge >= 0.3 is 0 Å². The van der Waals surface area contributed by atoms with Crippen LogP contribution in [0.2, 0.25) is 0 Å². The van der Waals surface area contributed by atoms with Gasteiger partial charge in [0.1, 0.15) is 18.9 Å². The number of nitro benzene ring substituents is 1. The highest BCUT2D eigenvalue weighted by atomic mass is 32.2. The van der Waals surface area contributed by atoms with Crippen molar-refractivity contribution in [2.24, 2.45) is 0 Å². The number of fused-ring (bicyclic) bond motifs is 1. The Hall–Kier alpha value is -4.18. The van der Waals surface area contributed by atoms with Gasteiger partial charge in [0.15, 0.2) is 0 Å². The maximum absolute atomic E-state index is 13.2. The number of likely N-dealkylation sites (tertiary alicyclic amines) is 1. The molecule has 9 nitrogen and oxygen atoms in total. The molecular formula is C28H25N3O6S. The first-order chi connectivity index (χ1) is 18.4. The van der Waals surface area contributed by atoms with Gasteiger partial charge in [-0.2, -0.15) is 0 Å². The molecule has 0 radical (unpaired) electrons. The molecule has 10 heteroatoms. The molecule has 3 aromatic carbocycles. The van der Waals surface area contributed by atoms with Crippen LogP contribution in [0.3, 0.4) is 0 Å². The van der Waals surface area contributed by atoms with Crippen molar-refractivity contribution in [3.8, 4) is 5.75 Å². The van der Waals surface area contributed by atoms with Crippen molar-refractivity contribution in [2.75, 3.05) is 19.6 Å². The van der Waals surface area contributed by atoms with Gasteiger partial charge in [0.25, 0.3) is 16.8 Å². The van der Waals surface area contributed by atoms with Crippen LogP contribution in [0.15, 0.2) is 65.6 Å². The van der Waals surface area contributed by atoms with Gasteiger partial charge in [0.2, 0.25) is 5.91 Å². The topological polar surface area (TPSA) is 110 Å². The predicted octanol–water partition coefficient (Wildman–Crippen LogP) is 5.38. The van der Waals surface area contributed by atoms with Crippen molar-refractivity contribution in [1.29, 1.82) is 0 Å². The highest BCUT2D eigenvalue weighted by Crippen LogP contribution is 2.37. The first kappa shape index (κ1) is 25.5. The summed E-state index contributed by atoms with van der Waals surface area (Å²) in [7, 11) is 0. The molecule has 2 saturated heterocycles.